The van der Waals surface area contributed by atoms with Crippen LogP contribution in [0.15, 0.2) is 16.6 Å². The molecule has 0 aromatic heterocycles. The summed E-state index contributed by atoms with van der Waals surface area (Å²) in [6, 6.07) is 4.35. The fourth-order valence-corrected chi connectivity index (χ4v) is 3.24. The summed E-state index contributed by atoms with van der Waals surface area (Å²) in [6.45, 7) is 3.71. The Kier molecular flexibility index (Phi) is 5.84. The molecule has 112 valence electrons. The van der Waals surface area contributed by atoms with Crippen molar-refractivity contribution in [2.75, 3.05) is 27.4 Å². The predicted molar refractivity (Wildman–Crippen MR) is 82.3 cm³/mol. The van der Waals surface area contributed by atoms with Crippen LogP contribution >= 0.6 is 15.9 Å². The lowest BCUT2D eigenvalue weighted by atomic mass is 10.0. The fourth-order valence-electron chi connectivity index (χ4n) is 2.69. The monoisotopic (exact) mass is 343 g/mol. The molecular formula is C15H22BrNO3. The summed E-state index contributed by atoms with van der Waals surface area (Å²) in [4.78, 5) is 0. The average molecular weight is 344 g/mol. The van der Waals surface area contributed by atoms with Crippen molar-refractivity contribution >= 4 is 15.9 Å². The molecule has 2 rings (SSSR count). The largest absolute Gasteiger partial charge is 0.493 e. The van der Waals surface area contributed by atoms with Crippen molar-refractivity contribution in [3.8, 4) is 5.75 Å². The zero-order chi connectivity index (χ0) is 14.5. The number of hydrogen-bond acceptors (Lipinski definition) is 4. The van der Waals surface area contributed by atoms with Crippen LogP contribution in [0.1, 0.15) is 18.1 Å². The van der Waals surface area contributed by atoms with Gasteiger partial charge in [-0.2, -0.15) is 0 Å². The molecule has 0 aliphatic carbocycles. The fraction of sp³-hybridized carbons (Fsp3) is 0.600. The van der Waals surface area contributed by atoms with E-state index in [9.17, 15) is 0 Å². The van der Waals surface area contributed by atoms with Gasteiger partial charge in [-0.1, -0.05) is 22.9 Å². The average Bonchev–Trinajstić information content (AvgIpc) is 2.88. The molecule has 0 bridgehead atoms. The normalized spacial score (nSPS) is 15.2. The molecule has 1 aromatic rings. The highest BCUT2D eigenvalue weighted by atomic mass is 79.9. The third-order valence-electron chi connectivity index (χ3n) is 3.52. The van der Waals surface area contributed by atoms with E-state index < -0.39 is 0 Å². The maximum absolute atomic E-state index is 5.78. The van der Waals surface area contributed by atoms with Gasteiger partial charge in [-0.3, -0.25) is 0 Å². The molecule has 1 heterocycles. The molecule has 20 heavy (non-hydrogen) atoms. The van der Waals surface area contributed by atoms with Gasteiger partial charge in [0.15, 0.2) is 6.29 Å². The first-order valence-electron chi connectivity index (χ1n) is 6.92. The van der Waals surface area contributed by atoms with Gasteiger partial charge < -0.3 is 19.5 Å². The second-order valence-corrected chi connectivity index (χ2v) is 5.78. The standard InChI is InChI=1S/C15H22BrNO3/c1-4-17-13(15(18-2)19-3)9-11-8-12(16)7-10-5-6-20-14(10)11/h7-8,13,15,17H,4-6,9H2,1-3H3. The molecular weight excluding hydrogens is 322 g/mol. The Morgan fingerprint density at radius 1 is 1.35 bits per heavy atom. The van der Waals surface area contributed by atoms with Crippen LogP contribution in [0, 0.1) is 0 Å². The number of fused-ring (bicyclic) bond motifs is 1. The van der Waals surface area contributed by atoms with Gasteiger partial charge in [-0.15, -0.1) is 0 Å². The van der Waals surface area contributed by atoms with Crippen molar-refractivity contribution in [1.82, 2.24) is 5.32 Å². The van der Waals surface area contributed by atoms with Gasteiger partial charge >= 0.3 is 0 Å². The molecule has 0 radical (unpaired) electrons. The second kappa shape index (κ2) is 7.41. The number of methoxy groups -OCH3 is 2. The van der Waals surface area contributed by atoms with Gasteiger partial charge in [-0.25, -0.2) is 0 Å². The molecule has 1 unspecified atom stereocenters. The van der Waals surface area contributed by atoms with Crippen molar-refractivity contribution in [3.05, 3.63) is 27.7 Å². The molecule has 0 amide bonds. The second-order valence-electron chi connectivity index (χ2n) is 4.86. The van der Waals surface area contributed by atoms with E-state index in [-0.39, 0.29) is 12.3 Å². The van der Waals surface area contributed by atoms with E-state index in [1.807, 2.05) is 0 Å². The van der Waals surface area contributed by atoms with E-state index in [0.717, 1.165) is 36.2 Å². The Bertz CT molecular complexity index is 449. The Hall–Kier alpha value is -0.620. The zero-order valence-electron chi connectivity index (χ0n) is 12.2. The van der Waals surface area contributed by atoms with Gasteiger partial charge in [0.2, 0.25) is 0 Å². The first kappa shape index (κ1) is 15.8. The van der Waals surface area contributed by atoms with Crippen molar-refractivity contribution < 1.29 is 14.2 Å². The number of hydrogen-bond donors (Lipinski definition) is 1. The van der Waals surface area contributed by atoms with Crippen LogP contribution in [-0.2, 0) is 22.3 Å². The van der Waals surface area contributed by atoms with E-state index in [1.54, 1.807) is 14.2 Å². The van der Waals surface area contributed by atoms with Gasteiger partial charge in [0, 0.05) is 25.1 Å². The Labute approximate surface area is 128 Å². The Balaban J connectivity index is 2.22. The van der Waals surface area contributed by atoms with E-state index >= 15 is 0 Å². The number of rotatable bonds is 7. The number of nitrogens with one attached hydrogen (secondary N) is 1. The maximum atomic E-state index is 5.78. The number of ether oxygens (including phenoxy) is 3. The van der Waals surface area contributed by atoms with Gasteiger partial charge in [0.05, 0.1) is 12.6 Å². The SMILES string of the molecule is CCNC(Cc1cc(Br)cc2c1OCC2)C(OC)OC. The molecule has 0 saturated heterocycles. The summed E-state index contributed by atoms with van der Waals surface area (Å²) in [7, 11) is 3.33. The van der Waals surface area contributed by atoms with Crippen LogP contribution < -0.4 is 10.1 Å². The summed E-state index contributed by atoms with van der Waals surface area (Å²) in [5.74, 6) is 1.03. The van der Waals surface area contributed by atoms with Gasteiger partial charge in [0.25, 0.3) is 0 Å². The van der Waals surface area contributed by atoms with E-state index in [2.05, 4.69) is 40.3 Å². The summed E-state index contributed by atoms with van der Waals surface area (Å²) in [6.07, 6.45) is 1.51. The molecule has 0 fully saturated rings. The topological polar surface area (TPSA) is 39.7 Å². The summed E-state index contributed by atoms with van der Waals surface area (Å²) in [5, 5.41) is 3.42. The van der Waals surface area contributed by atoms with Crippen molar-refractivity contribution in [1.29, 1.82) is 0 Å². The lowest BCUT2D eigenvalue weighted by Crippen LogP contribution is -2.43. The number of likely N-dealkylation sites (N-methyl/N-ethyl adjacent to an activating group) is 1. The van der Waals surface area contributed by atoms with Crippen molar-refractivity contribution in [2.45, 2.75) is 32.1 Å². The highest BCUT2D eigenvalue weighted by Crippen LogP contribution is 2.34. The lowest BCUT2D eigenvalue weighted by molar-refractivity contribution is -0.122. The molecule has 1 aliphatic heterocycles. The highest BCUT2D eigenvalue weighted by Gasteiger charge is 2.24. The van der Waals surface area contributed by atoms with Crippen LogP contribution in [0.3, 0.4) is 0 Å². The minimum Gasteiger partial charge on any atom is -0.493 e. The van der Waals surface area contributed by atoms with Crippen LogP contribution in [0.25, 0.3) is 0 Å². The van der Waals surface area contributed by atoms with Gasteiger partial charge in [0.1, 0.15) is 5.75 Å². The van der Waals surface area contributed by atoms with E-state index in [0.29, 0.717) is 0 Å². The third kappa shape index (κ3) is 3.52. The smallest absolute Gasteiger partial charge is 0.172 e. The minimum absolute atomic E-state index is 0.0950. The Morgan fingerprint density at radius 2 is 2.10 bits per heavy atom. The molecule has 0 saturated carbocycles. The molecule has 1 aromatic carbocycles. The number of halogens is 1. The Morgan fingerprint density at radius 3 is 2.75 bits per heavy atom. The molecule has 1 aliphatic rings. The van der Waals surface area contributed by atoms with Crippen molar-refractivity contribution in [3.63, 3.8) is 0 Å². The number of benzene rings is 1. The van der Waals surface area contributed by atoms with Crippen LogP contribution in [0.5, 0.6) is 5.75 Å². The van der Waals surface area contributed by atoms with Crippen LogP contribution in [0.2, 0.25) is 0 Å². The predicted octanol–water partition coefficient (Wildman–Crippen LogP) is 2.52. The van der Waals surface area contributed by atoms with E-state index in [4.69, 9.17) is 14.2 Å². The maximum Gasteiger partial charge on any atom is 0.172 e. The summed E-state index contributed by atoms with van der Waals surface area (Å²) >= 11 is 3.58. The van der Waals surface area contributed by atoms with Gasteiger partial charge in [-0.05, 0) is 36.2 Å². The molecule has 1 N–H and O–H groups in total. The minimum atomic E-state index is -0.272. The highest BCUT2D eigenvalue weighted by molar-refractivity contribution is 9.10. The summed E-state index contributed by atoms with van der Waals surface area (Å²) in [5.41, 5.74) is 2.47. The molecule has 1 atom stereocenters. The van der Waals surface area contributed by atoms with Crippen molar-refractivity contribution in [2.24, 2.45) is 0 Å². The molecule has 5 heteroatoms. The summed E-state index contributed by atoms with van der Waals surface area (Å²) < 4.78 is 17.7. The third-order valence-corrected chi connectivity index (χ3v) is 3.98. The van der Waals surface area contributed by atoms with E-state index in [1.165, 1.54) is 11.1 Å². The lowest BCUT2D eigenvalue weighted by Gasteiger charge is -2.26. The van der Waals surface area contributed by atoms with Crippen LogP contribution in [0.4, 0.5) is 0 Å². The zero-order valence-corrected chi connectivity index (χ0v) is 13.8. The molecule has 4 nitrogen and oxygen atoms in total. The first-order valence-corrected chi connectivity index (χ1v) is 7.72. The quantitative estimate of drug-likeness (QED) is 0.772. The first-order chi connectivity index (χ1) is 9.69. The van der Waals surface area contributed by atoms with Crippen LogP contribution in [-0.4, -0.2) is 39.7 Å². The molecule has 0 spiro atoms.